The molecule has 4 rings (SSSR count). The molecule has 0 aromatic rings. The highest BCUT2D eigenvalue weighted by atomic mass is 16.6. The Kier molecular flexibility index (Phi) is 16.9. The smallest absolute Gasteiger partial charge is 0.410 e. The van der Waals surface area contributed by atoms with Crippen LogP contribution in [0.4, 0.5) is 4.79 Å². The Balaban J connectivity index is 0.00000729. The molecule has 0 aromatic carbocycles. The molecule has 0 radical (unpaired) electrons. The highest BCUT2D eigenvalue weighted by molar-refractivity contribution is 5.70. The molecule has 52 heavy (non-hydrogen) atoms. The van der Waals surface area contributed by atoms with Crippen molar-refractivity contribution < 1.29 is 44.2 Å². The van der Waals surface area contributed by atoms with E-state index in [1.165, 1.54) is 38.5 Å². The molecule has 0 bridgehead atoms. The van der Waals surface area contributed by atoms with Crippen molar-refractivity contribution in [1.29, 1.82) is 0 Å². The highest BCUT2D eigenvalue weighted by Crippen LogP contribution is 2.37. The summed E-state index contributed by atoms with van der Waals surface area (Å²) >= 11 is 0. The number of aliphatic hydroxyl groups is 4. The van der Waals surface area contributed by atoms with Crippen LogP contribution in [0.2, 0.25) is 0 Å². The van der Waals surface area contributed by atoms with Gasteiger partial charge in [0, 0.05) is 50.5 Å². The van der Waals surface area contributed by atoms with Crippen LogP contribution in [-0.2, 0) is 19.0 Å². The third-order valence-electron chi connectivity index (χ3n) is 11.5. The molecule has 0 unspecified atom stereocenters. The van der Waals surface area contributed by atoms with Gasteiger partial charge in [-0.15, -0.1) is 0 Å². The second kappa shape index (κ2) is 19.9. The largest absolute Gasteiger partial charge is 0.457 e. The summed E-state index contributed by atoms with van der Waals surface area (Å²) in [6, 6.07) is 0.581. The molecule has 0 aromatic heterocycles. The van der Waals surface area contributed by atoms with Gasteiger partial charge in [-0.3, -0.25) is 9.69 Å². The monoisotopic (exact) mass is 735 g/mol. The predicted octanol–water partition coefficient (Wildman–Crippen LogP) is 5.69. The van der Waals surface area contributed by atoms with E-state index in [2.05, 4.69) is 4.90 Å². The van der Waals surface area contributed by atoms with Crippen LogP contribution in [0.15, 0.2) is 36.0 Å². The van der Waals surface area contributed by atoms with Gasteiger partial charge in [-0.25, -0.2) is 4.79 Å². The maximum Gasteiger partial charge on any atom is 0.410 e. The third-order valence-corrected chi connectivity index (χ3v) is 11.5. The van der Waals surface area contributed by atoms with E-state index in [0.717, 1.165) is 13.1 Å². The number of piperazine rings is 1. The maximum atomic E-state index is 13.5. The fourth-order valence-corrected chi connectivity index (χ4v) is 7.88. The van der Waals surface area contributed by atoms with E-state index in [1.54, 1.807) is 49.1 Å². The molecule has 10 atom stereocenters. The minimum absolute atomic E-state index is 0. The van der Waals surface area contributed by atoms with Crippen molar-refractivity contribution >= 4 is 12.1 Å². The van der Waals surface area contributed by atoms with Crippen molar-refractivity contribution in [3.8, 4) is 0 Å². The predicted molar refractivity (Wildman–Crippen MR) is 203 cm³/mol. The van der Waals surface area contributed by atoms with E-state index in [9.17, 15) is 30.0 Å². The van der Waals surface area contributed by atoms with Crippen LogP contribution in [0.1, 0.15) is 120 Å². The second-order valence-electron chi connectivity index (χ2n) is 16.2. The van der Waals surface area contributed by atoms with Crippen molar-refractivity contribution in [2.24, 2.45) is 11.8 Å². The lowest BCUT2D eigenvalue weighted by atomic mass is 9.88. The van der Waals surface area contributed by atoms with Crippen LogP contribution in [-0.4, -0.2) is 122 Å². The van der Waals surface area contributed by atoms with Crippen LogP contribution in [0, 0.1) is 11.8 Å². The molecular formula is C41H70N2O9. The number of hydrogen-bond acceptors (Lipinski definition) is 10. The zero-order chi connectivity index (χ0) is 37.3. The number of epoxide rings is 1. The van der Waals surface area contributed by atoms with E-state index < -0.39 is 47.7 Å². The minimum Gasteiger partial charge on any atom is -0.457 e. The molecule has 4 aliphatic rings. The van der Waals surface area contributed by atoms with Crippen LogP contribution in [0.3, 0.4) is 0 Å². The summed E-state index contributed by atoms with van der Waals surface area (Å²) in [6.45, 7) is 13.7. The van der Waals surface area contributed by atoms with Gasteiger partial charge in [0.2, 0.25) is 0 Å². The number of allylic oxidation sites excluding steroid dienone is 2. The Morgan fingerprint density at radius 3 is 2.42 bits per heavy atom. The summed E-state index contributed by atoms with van der Waals surface area (Å²) in [5.74, 6) is -0.935. The van der Waals surface area contributed by atoms with Gasteiger partial charge in [0.1, 0.15) is 11.7 Å². The number of cyclic esters (lactones) is 1. The Morgan fingerprint density at radius 2 is 1.79 bits per heavy atom. The van der Waals surface area contributed by atoms with Crippen LogP contribution in [0.5, 0.6) is 0 Å². The number of carbonyl (C=O) groups excluding carboxylic acids is 2. The van der Waals surface area contributed by atoms with E-state index in [-0.39, 0.29) is 50.7 Å². The van der Waals surface area contributed by atoms with Gasteiger partial charge in [-0.2, -0.15) is 0 Å². The Hall–Kier alpha value is -2.28. The number of hydrogen-bond donors (Lipinski definition) is 4. The molecule has 0 spiro atoms. The van der Waals surface area contributed by atoms with Gasteiger partial charge in [0.15, 0.2) is 6.10 Å². The highest BCUT2D eigenvalue weighted by Gasteiger charge is 2.47. The van der Waals surface area contributed by atoms with E-state index >= 15 is 0 Å². The van der Waals surface area contributed by atoms with Gasteiger partial charge in [-0.05, 0) is 64.5 Å². The molecule has 11 heteroatoms. The second-order valence-corrected chi connectivity index (χ2v) is 16.2. The standard InChI is InChI=1S/C40H66N2O9.CH4/c1-7-32(44)29(4)37-33(49-37)26-39(5,47)19-12-13-27(2)36-28(3)16-17-34(40(6,48)20-18-31(43)25-35(45)51-36)50-38(46)42-23-21-41(22-24-42)30-14-10-8-9-11-15-30;/h12-13,16-17,19,28-34,36-37,43-44,47-48H,7-11,14-15,18,20-26H2,1-6H3;1H4/b17-16+,19-12+,27-13+;/t28-,29+,31+,32-,33+,34-,36+,37+,39-,40+;/m0./s1. The van der Waals surface area contributed by atoms with Crippen molar-refractivity contribution in [3.63, 3.8) is 0 Å². The molecule has 3 fully saturated rings. The number of rotatable bonds is 10. The average Bonchev–Trinajstić information content (AvgIpc) is 3.89. The fraction of sp³-hybridized carbons (Fsp3) is 0.805. The summed E-state index contributed by atoms with van der Waals surface area (Å²) in [4.78, 5) is 30.6. The number of aliphatic hydroxyl groups excluding tert-OH is 2. The van der Waals surface area contributed by atoms with Gasteiger partial charge in [-0.1, -0.05) is 78.2 Å². The van der Waals surface area contributed by atoms with E-state index in [4.69, 9.17) is 14.2 Å². The molecule has 3 aliphatic heterocycles. The van der Waals surface area contributed by atoms with Crippen molar-refractivity contribution in [2.45, 2.75) is 173 Å². The van der Waals surface area contributed by atoms with Crippen molar-refractivity contribution in [2.75, 3.05) is 26.2 Å². The summed E-state index contributed by atoms with van der Waals surface area (Å²) < 4.78 is 17.7. The zero-order valence-electron chi connectivity index (χ0n) is 31.9. The Bertz CT molecular complexity index is 1220. The lowest BCUT2D eigenvalue weighted by molar-refractivity contribution is -0.151. The maximum absolute atomic E-state index is 13.5. The summed E-state index contributed by atoms with van der Waals surface area (Å²) in [5.41, 5.74) is -1.92. The first-order valence-corrected chi connectivity index (χ1v) is 19.5. The summed E-state index contributed by atoms with van der Waals surface area (Å²) in [6.07, 6.45) is 13.4. The molecule has 298 valence electrons. The lowest BCUT2D eigenvalue weighted by Gasteiger charge is -2.40. The summed E-state index contributed by atoms with van der Waals surface area (Å²) in [5, 5.41) is 43.4. The molecule has 2 saturated heterocycles. The molecule has 3 heterocycles. The first-order valence-electron chi connectivity index (χ1n) is 19.5. The lowest BCUT2D eigenvalue weighted by Crippen LogP contribution is -2.53. The van der Waals surface area contributed by atoms with E-state index in [1.807, 2.05) is 27.7 Å². The molecule has 4 N–H and O–H groups in total. The molecular weight excluding hydrogens is 664 g/mol. The van der Waals surface area contributed by atoms with Gasteiger partial charge < -0.3 is 39.5 Å². The molecule has 1 amide bonds. The number of nitrogens with zero attached hydrogens (tertiary/aromatic N) is 2. The topological polar surface area (TPSA) is 153 Å². The average molecular weight is 735 g/mol. The Morgan fingerprint density at radius 1 is 1.13 bits per heavy atom. The number of esters is 1. The summed E-state index contributed by atoms with van der Waals surface area (Å²) in [7, 11) is 0. The van der Waals surface area contributed by atoms with Gasteiger partial charge >= 0.3 is 12.1 Å². The minimum atomic E-state index is -1.48. The molecule has 11 nitrogen and oxygen atoms in total. The van der Waals surface area contributed by atoms with Crippen LogP contribution in [0.25, 0.3) is 0 Å². The third kappa shape index (κ3) is 12.9. The normalized spacial score (nSPS) is 34.8. The molecule has 1 saturated carbocycles. The Labute approximate surface area is 313 Å². The van der Waals surface area contributed by atoms with Crippen LogP contribution >= 0.6 is 0 Å². The van der Waals surface area contributed by atoms with Gasteiger partial charge in [0.05, 0.1) is 36.4 Å². The molecule has 1 aliphatic carbocycles. The first kappa shape index (κ1) is 44.1. The van der Waals surface area contributed by atoms with Crippen molar-refractivity contribution in [1.82, 2.24) is 9.80 Å². The van der Waals surface area contributed by atoms with E-state index in [0.29, 0.717) is 37.5 Å². The number of carbonyl (C=O) groups is 2. The van der Waals surface area contributed by atoms with Crippen molar-refractivity contribution in [3.05, 3.63) is 36.0 Å². The first-order chi connectivity index (χ1) is 24.1. The fourth-order valence-electron chi connectivity index (χ4n) is 7.88. The van der Waals surface area contributed by atoms with Gasteiger partial charge in [0.25, 0.3) is 0 Å². The SMILES string of the molecule is C.CC[C@H](O)[C@@H](C)[C@H]1O[C@@H]1C[C@@](C)(O)/C=C/C=C(\C)[C@H]1OC(=O)C[C@H](O)CC[C@@](C)(O)[C@@H](OC(=O)N2CCN(C3CCCCCC3)CC2)/C=C/[C@@H]1C. The number of amides is 1. The quantitative estimate of drug-likeness (QED) is 0.0725. The van der Waals surface area contributed by atoms with Crippen LogP contribution < -0.4 is 0 Å². The zero-order valence-corrected chi connectivity index (χ0v) is 31.9. The number of ether oxygens (including phenoxy) is 3.